The Morgan fingerprint density at radius 1 is 1.18 bits per heavy atom. The highest BCUT2D eigenvalue weighted by Gasteiger charge is 2.14. The van der Waals surface area contributed by atoms with E-state index in [0.717, 1.165) is 32.2 Å². The van der Waals surface area contributed by atoms with Crippen molar-refractivity contribution >= 4 is 38.6 Å². The number of hydrogen-bond donors (Lipinski definition) is 1. The van der Waals surface area contributed by atoms with Gasteiger partial charge in [-0.15, -0.1) is 6.58 Å². The third kappa shape index (κ3) is 5.16. The maximum atomic E-state index is 9.80. The van der Waals surface area contributed by atoms with Gasteiger partial charge in [-0.2, -0.15) is 5.26 Å². The normalized spacial score (nSPS) is 11.2. The van der Waals surface area contributed by atoms with Crippen LogP contribution in [0.2, 0.25) is 0 Å². The molecule has 0 spiro atoms. The molecule has 3 aromatic carbocycles. The van der Waals surface area contributed by atoms with E-state index in [-0.39, 0.29) is 0 Å². The molecule has 0 aliphatic rings. The summed E-state index contributed by atoms with van der Waals surface area (Å²) in [7, 11) is 1.61. The van der Waals surface area contributed by atoms with Crippen LogP contribution in [0, 0.1) is 11.3 Å². The number of fused-ring (bicyclic) bond motifs is 1. The smallest absolute Gasteiger partial charge is 0.165 e. The molecule has 4 rings (SSSR count). The van der Waals surface area contributed by atoms with Crippen molar-refractivity contribution in [1.29, 1.82) is 5.26 Å². The van der Waals surface area contributed by atoms with E-state index >= 15 is 0 Å². The second kappa shape index (κ2) is 10.2. The summed E-state index contributed by atoms with van der Waals surface area (Å²) < 4.78 is 12.8. The minimum atomic E-state index is 0.408. The number of allylic oxidation sites excluding steroid dienone is 2. The Kier molecular flexibility index (Phi) is 6.92. The molecule has 4 aromatic rings. The fourth-order valence-corrected chi connectivity index (χ4v) is 3.79. The molecule has 0 unspecified atom stereocenters. The van der Waals surface area contributed by atoms with E-state index in [1.54, 1.807) is 13.2 Å². The van der Waals surface area contributed by atoms with Crippen molar-refractivity contribution in [3.63, 3.8) is 0 Å². The summed E-state index contributed by atoms with van der Waals surface area (Å²) in [6, 6.07) is 21.8. The van der Waals surface area contributed by atoms with Gasteiger partial charge in [0.1, 0.15) is 18.5 Å². The second-order valence-corrected chi connectivity index (χ2v) is 8.31. The van der Waals surface area contributed by atoms with Crippen LogP contribution in [0.5, 0.6) is 11.5 Å². The van der Waals surface area contributed by atoms with Gasteiger partial charge < -0.3 is 14.5 Å². The number of halogens is 1. The van der Waals surface area contributed by atoms with E-state index < -0.39 is 0 Å². The number of benzene rings is 3. The first kappa shape index (κ1) is 22.4. The Morgan fingerprint density at radius 2 is 1.97 bits per heavy atom. The molecule has 0 amide bonds. The number of H-pyrrole nitrogens is 1. The number of imidazole rings is 1. The van der Waals surface area contributed by atoms with Crippen LogP contribution >= 0.6 is 15.9 Å². The first-order chi connectivity index (χ1) is 16.1. The summed E-state index contributed by atoms with van der Waals surface area (Å²) in [5.41, 5.74) is 4.92. The number of aromatic amines is 1. The monoisotopic (exact) mass is 499 g/mol. The molecule has 0 atom stereocenters. The van der Waals surface area contributed by atoms with Gasteiger partial charge in [-0.25, -0.2) is 4.98 Å². The number of nitrogens with zero attached hydrogens (tertiary/aromatic N) is 2. The predicted molar refractivity (Wildman–Crippen MR) is 135 cm³/mol. The minimum Gasteiger partial charge on any atom is -0.493 e. The van der Waals surface area contributed by atoms with Crippen LogP contribution in [0.15, 0.2) is 77.8 Å². The van der Waals surface area contributed by atoms with E-state index in [1.807, 2.05) is 66.7 Å². The summed E-state index contributed by atoms with van der Waals surface area (Å²) >= 11 is 3.45. The van der Waals surface area contributed by atoms with E-state index in [4.69, 9.17) is 9.47 Å². The molecule has 33 heavy (non-hydrogen) atoms. The van der Waals surface area contributed by atoms with Crippen molar-refractivity contribution in [3.05, 3.63) is 100 Å². The molecule has 1 N–H and O–H groups in total. The maximum absolute atomic E-state index is 9.80. The first-order valence-electron chi connectivity index (χ1n) is 10.4. The summed E-state index contributed by atoms with van der Waals surface area (Å²) in [5.74, 6) is 1.79. The van der Waals surface area contributed by atoms with Crippen LogP contribution in [0.1, 0.15) is 22.5 Å². The number of nitriles is 1. The lowest BCUT2D eigenvalue weighted by Crippen LogP contribution is -2.02. The fourth-order valence-electron chi connectivity index (χ4n) is 3.53. The molecule has 0 aliphatic carbocycles. The summed E-state index contributed by atoms with van der Waals surface area (Å²) in [6.07, 6.45) is 4.21. The molecule has 0 saturated heterocycles. The molecule has 164 valence electrons. The number of para-hydroxylation sites is 2. The van der Waals surface area contributed by atoms with Crippen molar-refractivity contribution in [2.24, 2.45) is 0 Å². The summed E-state index contributed by atoms with van der Waals surface area (Å²) in [5, 5.41) is 9.80. The van der Waals surface area contributed by atoms with Crippen LogP contribution in [0.3, 0.4) is 0 Å². The van der Waals surface area contributed by atoms with Gasteiger partial charge in [0.15, 0.2) is 11.5 Å². The standard InChI is InChI=1S/C27H22BrN3O2/c1-3-6-20-13-19(14-21(16-29)27-30-23-7-4-5-8-24(23)31-27)15-25(32-2)26(20)33-17-18-9-11-22(28)12-10-18/h3-5,7-15H,1,6,17H2,2H3,(H,30,31)/b21-14+. The van der Waals surface area contributed by atoms with Gasteiger partial charge in [0, 0.05) is 10.0 Å². The van der Waals surface area contributed by atoms with E-state index in [9.17, 15) is 5.26 Å². The van der Waals surface area contributed by atoms with Crippen molar-refractivity contribution < 1.29 is 9.47 Å². The summed E-state index contributed by atoms with van der Waals surface area (Å²) in [6.45, 7) is 4.28. The van der Waals surface area contributed by atoms with Gasteiger partial charge in [0.25, 0.3) is 0 Å². The predicted octanol–water partition coefficient (Wildman–Crippen LogP) is 6.71. The molecule has 0 aliphatic heterocycles. The van der Waals surface area contributed by atoms with E-state index in [1.165, 1.54) is 0 Å². The molecule has 0 bridgehead atoms. The van der Waals surface area contributed by atoms with E-state index in [2.05, 4.69) is 38.5 Å². The van der Waals surface area contributed by atoms with Crippen LogP contribution in [0.4, 0.5) is 0 Å². The van der Waals surface area contributed by atoms with Gasteiger partial charge in [0.05, 0.1) is 23.7 Å². The van der Waals surface area contributed by atoms with Crippen LogP contribution < -0.4 is 9.47 Å². The fraction of sp³-hybridized carbons (Fsp3) is 0.111. The zero-order valence-electron chi connectivity index (χ0n) is 18.1. The molecule has 1 heterocycles. The number of methoxy groups -OCH3 is 1. The van der Waals surface area contributed by atoms with Crippen molar-refractivity contribution in [2.75, 3.05) is 7.11 Å². The quantitative estimate of drug-likeness (QED) is 0.216. The first-order valence-corrected chi connectivity index (χ1v) is 11.2. The average Bonchev–Trinajstić information content (AvgIpc) is 3.27. The zero-order chi connectivity index (χ0) is 23.2. The number of rotatable bonds is 8. The number of aromatic nitrogens is 2. The van der Waals surface area contributed by atoms with E-state index in [0.29, 0.717) is 35.9 Å². The lowest BCUT2D eigenvalue weighted by atomic mass is 10.0. The van der Waals surface area contributed by atoms with Crippen LogP contribution in [-0.2, 0) is 13.0 Å². The zero-order valence-corrected chi connectivity index (χ0v) is 19.7. The Balaban J connectivity index is 1.69. The second-order valence-electron chi connectivity index (χ2n) is 7.39. The number of nitrogens with one attached hydrogen (secondary N) is 1. The number of ether oxygens (including phenoxy) is 2. The SMILES string of the molecule is C=CCc1cc(/C=C(\C#N)c2nc3ccccc3[nH]2)cc(OC)c1OCc1ccc(Br)cc1. The molecule has 0 saturated carbocycles. The van der Waals surface area contributed by atoms with Gasteiger partial charge in [-0.3, -0.25) is 0 Å². The third-order valence-corrected chi connectivity index (χ3v) is 5.64. The minimum absolute atomic E-state index is 0.408. The highest BCUT2D eigenvalue weighted by Crippen LogP contribution is 2.35. The van der Waals surface area contributed by atoms with Crippen molar-refractivity contribution in [2.45, 2.75) is 13.0 Å². The summed E-state index contributed by atoms with van der Waals surface area (Å²) in [4.78, 5) is 7.76. The topological polar surface area (TPSA) is 70.9 Å². The third-order valence-electron chi connectivity index (χ3n) is 5.11. The molecular formula is C27H22BrN3O2. The highest BCUT2D eigenvalue weighted by molar-refractivity contribution is 9.10. The Morgan fingerprint density at radius 3 is 2.67 bits per heavy atom. The molecule has 1 aromatic heterocycles. The van der Waals surface area contributed by atoms with Gasteiger partial charge in [-0.05, 0) is 60.0 Å². The van der Waals surface area contributed by atoms with Crippen LogP contribution in [0.25, 0.3) is 22.7 Å². The average molecular weight is 500 g/mol. The van der Waals surface area contributed by atoms with Gasteiger partial charge >= 0.3 is 0 Å². The van der Waals surface area contributed by atoms with Crippen molar-refractivity contribution in [1.82, 2.24) is 9.97 Å². The highest BCUT2D eigenvalue weighted by atomic mass is 79.9. The molecule has 0 radical (unpaired) electrons. The Hall–Kier alpha value is -3.82. The molecule has 0 fully saturated rings. The number of hydrogen-bond acceptors (Lipinski definition) is 4. The Labute approximate surface area is 201 Å². The van der Waals surface area contributed by atoms with Gasteiger partial charge in [-0.1, -0.05) is 46.3 Å². The lowest BCUT2D eigenvalue weighted by molar-refractivity contribution is 0.282. The maximum Gasteiger partial charge on any atom is 0.165 e. The van der Waals surface area contributed by atoms with Crippen molar-refractivity contribution in [3.8, 4) is 17.6 Å². The molecule has 5 nitrogen and oxygen atoms in total. The lowest BCUT2D eigenvalue weighted by Gasteiger charge is -2.16. The Bertz CT molecular complexity index is 1330. The largest absolute Gasteiger partial charge is 0.493 e. The van der Waals surface area contributed by atoms with Gasteiger partial charge in [0.2, 0.25) is 0 Å². The molecular weight excluding hydrogens is 478 g/mol. The van der Waals surface area contributed by atoms with Crippen LogP contribution in [-0.4, -0.2) is 17.1 Å². The molecule has 6 heteroatoms.